The molecule has 1 N–H and O–H groups in total. The molecule has 0 aromatic heterocycles. The van der Waals surface area contributed by atoms with Crippen molar-refractivity contribution >= 4 is 0 Å². The zero-order valence-corrected chi connectivity index (χ0v) is 12.8. The molecular formula is C19H23FN2. The number of hydrogen-bond acceptors (Lipinski definition) is 2. The number of rotatable bonds is 5. The number of halogens is 1. The Kier molecular flexibility index (Phi) is 5.20. The van der Waals surface area contributed by atoms with Crippen LogP contribution in [0.15, 0.2) is 54.6 Å². The Hall–Kier alpha value is -1.71. The molecule has 1 heterocycles. The maximum atomic E-state index is 13.1. The molecule has 116 valence electrons. The first-order valence-electron chi connectivity index (χ1n) is 8.04. The van der Waals surface area contributed by atoms with Crippen LogP contribution in [-0.2, 0) is 0 Å². The van der Waals surface area contributed by atoms with E-state index < -0.39 is 0 Å². The summed E-state index contributed by atoms with van der Waals surface area (Å²) in [4.78, 5) is 2.40. The van der Waals surface area contributed by atoms with Gasteiger partial charge in [0.05, 0.1) is 6.67 Å². The lowest BCUT2D eigenvalue weighted by Gasteiger charge is -2.35. The molecule has 0 saturated carbocycles. The van der Waals surface area contributed by atoms with Gasteiger partial charge in [-0.1, -0.05) is 48.5 Å². The smallest absolute Gasteiger partial charge is 0.0912 e. The number of piperazine rings is 1. The Balaban J connectivity index is 1.87. The molecule has 3 heteroatoms. The Bertz CT molecular complexity index is 579. The fourth-order valence-electron chi connectivity index (χ4n) is 3.21. The lowest BCUT2D eigenvalue weighted by atomic mass is 9.96. The highest BCUT2D eigenvalue weighted by atomic mass is 19.1. The van der Waals surface area contributed by atoms with E-state index in [4.69, 9.17) is 0 Å². The van der Waals surface area contributed by atoms with Gasteiger partial charge in [0.25, 0.3) is 0 Å². The predicted octanol–water partition coefficient (Wildman–Crippen LogP) is 3.66. The molecule has 0 radical (unpaired) electrons. The topological polar surface area (TPSA) is 15.3 Å². The molecular weight excluding hydrogens is 275 g/mol. The average Bonchev–Trinajstić information content (AvgIpc) is 2.61. The van der Waals surface area contributed by atoms with Gasteiger partial charge < -0.3 is 5.32 Å². The molecule has 2 aromatic rings. The second-order valence-electron chi connectivity index (χ2n) is 5.77. The van der Waals surface area contributed by atoms with E-state index in [2.05, 4.69) is 58.7 Å². The highest BCUT2D eigenvalue weighted by Gasteiger charge is 2.22. The number of alkyl halides is 1. The predicted molar refractivity (Wildman–Crippen MR) is 89.7 cm³/mol. The van der Waals surface area contributed by atoms with E-state index in [0.717, 1.165) is 26.2 Å². The molecule has 0 unspecified atom stereocenters. The van der Waals surface area contributed by atoms with Crippen LogP contribution in [0.25, 0.3) is 11.1 Å². The summed E-state index contributed by atoms with van der Waals surface area (Å²) in [5, 5.41) is 3.36. The molecule has 22 heavy (non-hydrogen) atoms. The summed E-state index contributed by atoms with van der Waals surface area (Å²) in [6.07, 6.45) is 0.568. The van der Waals surface area contributed by atoms with Crippen LogP contribution in [0, 0.1) is 0 Å². The van der Waals surface area contributed by atoms with Gasteiger partial charge in [-0.15, -0.1) is 0 Å². The first-order valence-corrected chi connectivity index (χ1v) is 8.04. The van der Waals surface area contributed by atoms with E-state index in [1.807, 2.05) is 6.07 Å². The molecule has 0 amide bonds. The van der Waals surface area contributed by atoms with Crippen molar-refractivity contribution in [1.29, 1.82) is 0 Å². The molecule has 0 spiro atoms. The third kappa shape index (κ3) is 3.54. The van der Waals surface area contributed by atoms with E-state index in [9.17, 15) is 4.39 Å². The van der Waals surface area contributed by atoms with Crippen molar-refractivity contribution in [1.82, 2.24) is 10.2 Å². The van der Waals surface area contributed by atoms with Crippen LogP contribution in [0.3, 0.4) is 0 Å². The monoisotopic (exact) mass is 298 g/mol. The Morgan fingerprint density at radius 3 is 2.41 bits per heavy atom. The van der Waals surface area contributed by atoms with Crippen LogP contribution in [0.1, 0.15) is 18.0 Å². The maximum absolute atomic E-state index is 13.1. The third-order valence-corrected chi connectivity index (χ3v) is 4.35. The Labute approximate surface area is 132 Å². The quantitative estimate of drug-likeness (QED) is 0.906. The van der Waals surface area contributed by atoms with Crippen LogP contribution in [0.5, 0.6) is 0 Å². The lowest BCUT2D eigenvalue weighted by molar-refractivity contribution is 0.157. The Morgan fingerprint density at radius 2 is 1.68 bits per heavy atom. The van der Waals surface area contributed by atoms with Crippen molar-refractivity contribution in [2.75, 3.05) is 32.9 Å². The van der Waals surface area contributed by atoms with Gasteiger partial charge in [0.1, 0.15) is 0 Å². The largest absolute Gasteiger partial charge is 0.314 e. The van der Waals surface area contributed by atoms with Gasteiger partial charge in [0.2, 0.25) is 0 Å². The average molecular weight is 298 g/mol. The number of benzene rings is 2. The van der Waals surface area contributed by atoms with Gasteiger partial charge in [-0.2, -0.15) is 0 Å². The zero-order chi connectivity index (χ0) is 15.2. The van der Waals surface area contributed by atoms with E-state index in [1.54, 1.807) is 0 Å². The van der Waals surface area contributed by atoms with Crippen LogP contribution < -0.4 is 5.32 Å². The summed E-state index contributed by atoms with van der Waals surface area (Å²) in [6, 6.07) is 19.1. The standard InChI is InChI=1S/C19H23FN2/c20-10-9-19(22-13-11-21-12-14-22)18-8-4-7-17(15-18)16-5-2-1-3-6-16/h1-8,15,19,21H,9-14H2/t19-/m0/s1. The van der Waals surface area contributed by atoms with Gasteiger partial charge in [-0.05, 0) is 29.2 Å². The van der Waals surface area contributed by atoms with Crippen molar-refractivity contribution in [3.05, 3.63) is 60.2 Å². The lowest BCUT2D eigenvalue weighted by Crippen LogP contribution is -2.45. The molecule has 2 nitrogen and oxygen atoms in total. The number of nitrogens with one attached hydrogen (secondary N) is 1. The summed E-state index contributed by atoms with van der Waals surface area (Å²) < 4.78 is 13.1. The maximum Gasteiger partial charge on any atom is 0.0912 e. The fourth-order valence-corrected chi connectivity index (χ4v) is 3.21. The molecule has 1 saturated heterocycles. The number of hydrogen-bond donors (Lipinski definition) is 1. The minimum atomic E-state index is -0.274. The molecule has 0 bridgehead atoms. The normalized spacial score (nSPS) is 17.3. The van der Waals surface area contributed by atoms with Gasteiger partial charge in [0.15, 0.2) is 0 Å². The van der Waals surface area contributed by atoms with Gasteiger partial charge in [-0.3, -0.25) is 9.29 Å². The molecule has 2 aromatic carbocycles. The molecule has 1 fully saturated rings. The first-order chi connectivity index (χ1) is 10.9. The summed E-state index contributed by atoms with van der Waals surface area (Å²) >= 11 is 0. The summed E-state index contributed by atoms with van der Waals surface area (Å²) in [6.45, 7) is 3.67. The van der Waals surface area contributed by atoms with Crippen LogP contribution in [-0.4, -0.2) is 37.8 Å². The minimum absolute atomic E-state index is 0.177. The molecule has 0 aliphatic carbocycles. The van der Waals surface area contributed by atoms with Crippen molar-refractivity contribution < 1.29 is 4.39 Å². The summed E-state index contributed by atoms with van der Waals surface area (Å²) in [5.74, 6) is 0. The van der Waals surface area contributed by atoms with E-state index in [0.29, 0.717) is 6.42 Å². The summed E-state index contributed by atoms with van der Waals surface area (Å²) in [5.41, 5.74) is 3.64. The number of nitrogens with zero attached hydrogens (tertiary/aromatic N) is 1. The van der Waals surface area contributed by atoms with E-state index in [-0.39, 0.29) is 12.7 Å². The zero-order valence-electron chi connectivity index (χ0n) is 12.8. The molecule has 1 aliphatic rings. The second kappa shape index (κ2) is 7.52. The molecule has 1 aliphatic heterocycles. The van der Waals surface area contributed by atoms with Crippen molar-refractivity contribution in [3.63, 3.8) is 0 Å². The van der Waals surface area contributed by atoms with Gasteiger partial charge in [-0.25, -0.2) is 0 Å². The first kappa shape index (κ1) is 15.2. The molecule has 1 atom stereocenters. The van der Waals surface area contributed by atoms with Crippen molar-refractivity contribution in [2.24, 2.45) is 0 Å². The minimum Gasteiger partial charge on any atom is -0.314 e. The third-order valence-electron chi connectivity index (χ3n) is 4.35. The van der Waals surface area contributed by atoms with Crippen molar-refractivity contribution in [2.45, 2.75) is 12.5 Å². The highest BCUT2D eigenvalue weighted by molar-refractivity contribution is 5.64. The van der Waals surface area contributed by atoms with E-state index in [1.165, 1.54) is 16.7 Å². The van der Waals surface area contributed by atoms with Crippen LogP contribution in [0.2, 0.25) is 0 Å². The van der Waals surface area contributed by atoms with Gasteiger partial charge in [0, 0.05) is 32.2 Å². The van der Waals surface area contributed by atoms with Gasteiger partial charge >= 0.3 is 0 Å². The second-order valence-corrected chi connectivity index (χ2v) is 5.77. The fraction of sp³-hybridized carbons (Fsp3) is 0.368. The Morgan fingerprint density at radius 1 is 0.955 bits per heavy atom. The van der Waals surface area contributed by atoms with Crippen LogP contribution in [0.4, 0.5) is 4.39 Å². The van der Waals surface area contributed by atoms with E-state index >= 15 is 0 Å². The molecule has 3 rings (SSSR count). The van der Waals surface area contributed by atoms with Crippen molar-refractivity contribution in [3.8, 4) is 11.1 Å². The highest BCUT2D eigenvalue weighted by Crippen LogP contribution is 2.29. The summed E-state index contributed by atoms with van der Waals surface area (Å²) in [7, 11) is 0. The van der Waals surface area contributed by atoms with Crippen LogP contribution >= 0.6 is 0 Å². The SMILES string of the molecule is FCC[C@@H](c1cccc(-c2ccccc2)c1)N1CCNCC1.